The number of hydrogen-bond donors (Lipinski definition) is 2. The van der Waals surface area contributed by atoms with Crippen molar-refractivity contribution in [2.45, 2.75) is 12.8 Å². The highest BCUT2D eigenvalue weighted by atomic mass is 35.5. The zero-order valence-corrected chi connectivity index (χ0v) is 10.6. The van der Waals surface area contributed by atoms with E-state index in [0.29, 0.717) is 24.0 Å². The van der Waals surface area contributed by atoms with Crippen molar-refractivity contribution in [2.24, 2.45) is 5.92 Å². The smallest absolute Gasteiger partial charge is 0.407 e. The zero-order chi connectivity index (χ0) is 13.0. The lowest BCUT2D eigenvalue weighted by Gasteiger charge is -2.30. The molecular weight excluding hydrogens is 256 g/mol. The van der Waals surface area contributed by atoms with Crippen molar-refractivity contribution >= 4 is 23.4 Å². The summed E-state index contributed by atoms with van der Waals surface area (Å²) in [6.07, 6.45) is 4.00. The highest BCUT2D eigenvalue weighted by Gasteiger charge is 2.22. The number of carboxylic acid groups (broad SMARTS) is 1. The number of nitrogens with one attached hydrogen (secondary N) is 1. The fraction of sp³-hybridized carbons (Fsp3) is 0.545. The van der Waals surface area contributed by atoms with E-state index in [2.05, 4.69) is 15.5 Å². The van der Waals surface area contributed by atoms with Crippen molar-refractivity contribution in [3.63, 3.8) is 0 Å². The van der Waals surface area contributed by atoms with Crippen LogP contribution >= 0.6 is 11.6 Å². The lowest BCUT2D eigenvalue weighted by Crippen LogP contribution is -2.39. The zero-order valence-electron chi connectivity index (χ0n) is 9.84. The second kappa shape index (κ2) is 5.86. The Balaban J connectivity index is 1.79. The van der Waals surface area contributed by atoms with Crippen LogP contribution in [0.5, 0.6) is 0 Å². The summed E-state index contributed by atoms with van der Waals surface area (Å²) in [6, 6.07) is 0. The molecule has 1 aliphatic heterocycles. The van der Waals surface area contributed by atoms with E-state index in [1.807, 2.05) is 0 Å². The van der Waals surface area contributed by atoms with Gasteiger partial charge in [-0.3, -0.25) is 0 Å². The Labute approximate surface area is 110 Å². The molecule has 0 radical (unpaired) electrons. The van der Waals surface area contributed by atoms with Gasteiger partial charge < -0.3 is 15.3 Å². The minimum Gasteiger partial charge on any atom is -0.465 e. The Kier molecular flexibility index (Phi) is 4.19. The number of likely N-dealkylation sites (tertiary alicyclic amines) is 1. The minimum atomic E-state index is -0.831. The molecule has 18 heavy (non-hydrogen) atoms. The van der Waals surface area contributed by atoms with Gasteiger partial charge in [0.05, 0.1) is 23.1 Å². The van der Waals surface area contributed by atoms with E-state index < -0.39 is 6.09 Å². The largest absolute Gasteiger partial charge is 0.465 e. The first-order valence-corrected chi connectivity index (χ1v) is 6.22. The number of carbonyl (C=O) groups is 1. The molecule has 1 saturated heterocycles. The molecule has 1 aliphatic rings. The van der Waals surface area contributed by atoms with E-state index in [1.54, 1.807) is 6.20 Å². The van der Waals surface area contributed by atoms with Crippen molar-refractivity contribution < 1.29 is 9.90 Å². The number of rotatable bonds is 3. The second-order valence-electron chi connectivity index (χ2n) is 4.34. The van der Waals surface area contributed by atoms with Crippen LogP contribution in [0.3, 0.4) is 0 Å². The highest BCUT2D eigenvalue weighted by Crippen LogP contribution is 2.21. The van der Waals surface area contributed by atoms with Crippen molar-refractivity contribution in [3.05, 3.63) is 17.4 Å². The molecule has 2 heterocycles. The van der Waals surface area contributed by atoms with Crippen LogP contribution in [0.15, 0.2) is 12.4 Å². The second-order valence-corrected chi connectivity index (χ2v) is 4.75. The summed E-state index contributed by atoms with van der Waals surface area (Å²) in [5.74, 6) is 0.463. The lowest BCUT2D eigenvalue weighted by atomic mass is 9.97. The van der Waals surface area contributed by atoms with E-state index in [-0.39, 0.29) is 0 Å². The Morgan fingerprint density at radius 3 is 2.72 bits per heavy atom. The van der Waals surface area contributed by atoms with E-state index in [9.17, 15) is 4.79 Å². The minimum absolute atomic E-state index is 0.463. The Morgan fingerprint density at radius 2 is 2.11 bits per heavy atom. The lowest BCUT2D eigenvalue weighted by molar-refractivity contribution is 0.126. The van der Waals surface area contributed by atoms with Gasteiger partial charge in [-0.2, -0.15) is 10.2 Å². The maximum absolute atomic E-state index is 10.8. The molecule has 0 unspecified atom stereocenters. The molecule has 1 aromatic rings. The van der Waals surface area contributed by atoms with Crippen LogP contribution in [0, 0.1) is 5.92 Å². The van der Waals surface area contributed by atoms with Gasteiger partial charge in [-0.25, -0.2) is 4.79 Å². The van der Waals surface area contributed by atoms with Crippen molar-refractivity contribution in [1.29, 1.82) is 0 Å². The normalized spacial score (nSPS) is 16.6. The average Bonchev–Trinajstić information content (AvgIpc) is 2.38. The summed E-state index contributed by atoms with van der Waals surface area (Å²) in [5.41, 5.74) is 0.771. The molecule has 0 saturated carbocycles. The average molecular weight is 271 g/mol. The molecule has 7 heteroatoms. The molecule has 1 amide bonds. The maximum atomic E-state index is 10.8. The molecule has 2 N–H and O–H groups in total. The van der Waals surface area contributed by atoms with Crippen LogP contribution in [0.4, 0.5) is 10.5 Å². The van der Waals surface area contributed by atoms with Gasteiger partial charge in [-0.1, -0.05) is 11.6 Å². The van der Waals surface area contributed by atoms with E-state index >= 15 is 0 Å². The summed E-state index contributed by atoms with van der Waals surface area (Å²) in [7, 11) is 0. The van der Waals surface area contributed by atoms with Gasteiger partial charge in [0.15, 0.2) is 0 Å². The van der Waals surface area contributed by atoms with Crippen LogP contribution in [0.25, 0.3) is 0 Å². The van der Waals surface area contributed by atoms with Crippen LogP contribution in [-0.2, 0) is 0 Å². The fourth-order valence-electron chi connectivity index (χ4n) is 2.02. The molecule has 0 aliphatic carbocycles. The van der Waals surface area contributed by atoms with Gasteiger partial charge in [0.1, 0.15) is 0 Å². The fourth-order valence-corrected chi connectivity index (χ4v) is 2.18. The van der Waals surface area contributed by atoms with Gasteiger partial charge in [0.25, 0.3) is 0 Å². The molecule has 0 atom stereocenters. The van der Waals surface area contributed by atoms with E-state index in [0.717, 1.165) is 25.1 Å². The van der Waals surface area contributed by atoms with Crippen molar-refractivity contribution in [1.82, 2.24) is 15.1 Å². The number of hydrogen-bond acceptors (Lipinski definition) is 4. The van der Waals surface area contributed by atoms with E-state index in [1.165, 1.54) is 11.1 Å². The summed E-state index contributed by atoms with van der Waals surface area (Å²) in [5, 5.41) is 20.1. The maximum Gasteiger partial charge on any atom is 0.407 e. The molecule has 1 fully saturated rings. The van der Waals surface area contributed by atoms with Crippen molar-refractivity contribution in [3.8, 4) is 0 Å². The number of amides is 1. The third-order valence-corrected chi connectivity index (χ3v) is 3.45. The number of piperidine rings is 1. The molecule has 2 rings (SSSR count). The number of halogens is 1. The SMILES string of the molecule is O=C(O)N1CCC(CNc2cnncc2Cl)CC1. The number of aromatic nitrogens is 2. The molecule has 0 aromatic carbocycles. The van der Waals surface area contributed by atoms with Gasteiger partial charge in [0, 0.05) is 19.6 Å². The van der Waals surface area contributed by atoms with Crippen LogP contribution in [0.1, 0.15) is 12.8 Å². The van der Waals surface area contributed by atoms with Crippen LogP contribution in [-0.4, -0.2) is 45.9 Å². The number of nitrogens with zero attached hydrogens (tertiary/aromatic N) is 3. The predicted octanol–water partition coefficient (Wildman–Crippen LogP) is 1.93. The summed E-state index contributed by atoms with van der Waals surface area (Å²) in [4.78, 5) is 12.2. The number of anilines is 1. The van der Waals surface area contributed by atoms with Gasteiger partial charge >= 0.3 is 6.09 Å². The Hall–Kier alpha value is -1.56. The predicted molar refractivity (Wildman–Crippen MR) is 67.9 cm³/mol. The quantitative estimate of drug-likeness (QED) is 0.877. The topological polar surface area (TPSA) is 78.4 Å². The first-order chi connectivity index (χ1) is 8.66. The summed E-state index contributed by atoms with van der Waals surface area (Å²) < 4.78 is 0. The van der Waals surface area contributed by atoms with Gasteiger partial charge in [0.2, 0.25) is 0 Å². The monoisotopic (exact) mass is 270 g/mol. The summed E-state index contributed by atoms with van der Waals surface area (Å²) in [6.45, 7) is 1.98. The van der Waals surface area contributed by atoms with Crippen LogP contribution < -0.4 is 5.32 Å². The molecule has 0 bridgehead atoms. The molecule has 1 aromatic heterocycles. The van der Waals surface area contributed by atoms with Gasteiger partial charge in [-0.05, 0) is 18.8 Å². The van der Waals surface area contributed by atoms with Crippen molar-refractivity contribution in [2.75, 3.05) is 25.0 Å². The molecule has 6 nitrogen and oxygen atoms in total. The standard InChI is InChI=1S/C11H15ClN4O2/c12-9-6-14-15-7-10(9)13-5-8-1-3-16(4-2-8)11(17)18/h6-8H,1-5H2,(H,13,14)(H,17,18). The van der Waals surface area contributed by atoms with Crippen LogP contribution in [0.2, 0.25) is 5.02 Å². The third-order valence-electron chi connectivity index (χ3n) is 3.15. The third kappa shape index (κ3) is 3.22. The highest BCUT2D eigenvalue weighted by molar-refractivity contribution is 6.33. The first kappa shape index (κ1) is 12.9. The first-order valence-electron chi connectivity index (χ1n) is 5.84. The molecule has 0 spiro atoms. The molecular formula is C11H15ClN4O2. The van der Waals surface area contributed by atoms with Gasteiger partial charge in [-0.15, -0.1) is 0 Å². The molecule has 98 valence electrons. The van der Waals surface area contributed by atoms with E-state index in [4.69, 9.17) is 16.7 Å². The Morgan fingerprint density at radius 1 is 1.44 bits per heavy atom. The summed E-state index contributed by atoms with van der Waals surface area (Å²) >= 11 is 5.96. The Bertz CT molecular complexity index is 421.